The number of primary amides is 1. The van der Waals surface area contributed by atoms with E-state index in [0.717, 1.165) is 6.07 Å². The van der Waals surface area contributed by atoms with Gasteiger partial charge in [-0.25, -0.2) is 4.39 Å². The van der Waals surface area contributed by atoms with E-state index in [9.17, 15) is 39.2 Å². The molecule has 32 heavy (non-hydrogen) atoms. The highest BCUT2D eigenvalue weighted by Gasteiger charge is 2.63. The van der Waals surface area contributed by atoms with Crippen molar-refractivity contribution < 1.29 is 39.2 Å². The summed E-state index contributed by atoms with van der Waals surface area (Å²) in [5.41, 5.74) is 6.01. The van der Waals surface area contributed by atoms with Crippen molar-refractivity contribution >= 4 is 23.2 Å². The summed E-state index contributed by atoms with van der Waals surface area (Å²) in [7, 11) is 3.06. The summed E-state index contributed by atoms with van der Waals surface area (Å²) in [5.74, 6) is -8.79. The van der Waals surface area contributed by atoms with E-state index in [2.05, 4.69) is 0 Å². The lowest BCUT2D eigenvalue weighted by molar-refractivity contribution is -0.148. The number of nitrogen functional groups attached to an aromatic ring is 1. The molecule has 170 valence electrons. The minimum Gasteiger partial charge on any atom is -0.510 e. The number of hydrogen-bond acceptors (Lipinski definition) is 9. The third-order valence-corrected chi connectivity index (χ3v) is 6.70. The Hall–Kier alpha value is -3.44. The van der Waals surface area contributed by atoms with Crippen LogP contribution >= 0.6 is 0 Å². The Kier molecular flexibility index (Phi) is 4.61. The number of nitrogens with zero attached hydrogens (tertiary/aromatic N) is 1. The van der Waals surface area contributed by atoms with Gasteiger partial charge < -0.3 is 31.9 Å². The maximum absolute atomic E-state index is 14.1. The number of likely N-dealkylation sites (N-methyl/N-ethyl adjacent to an activating group) is 1. The molecule has 4 atom stereocenters. The average molecular weight is 447 g/mol. The number of halogens is 1. The van der Waals surface area contributed by atoms with Crippen LogP contribution in [0.15, 0.2) is 28.7 Å². The zero-order valence-corrected chi connectivity index (χ0v) is 17.2. The predicted molar refractivity (Wildman–Crippen MR) is 108 cm³/mol. The van der Waals surface area contributed by atoms with E-state index in [4.69, 9.17) is 11.5 Å². The molecule has 11 heteroatoms. The number of aliphatic hydroxyl groups excluding tert-OH is 2. The molecule has 1 aromatic rings. The van der Waals surface area contributed by atoms with Crippen molar-refractivity contribution in [3.63, 3.8) is 0 Å². The van der Waals surface area contributed by atoms with Gasteiger partial charge in [-0.1, -0.05) is 0 Å². The number of phenols is 1. The number of Topliss-reactive ketones (excluding diaryl/α,β-unsaturated/α-hetero) is 2. The Morgan fingerprint density at radius 3 is 2.44 bits per heavy atom. The summed E-state index contributed by atoms with van der Waals surface area (Å²) in [6.45, 7) is 0. The first-order valence-corrected chi connectivity index (χ1v) is 9.78. The van der Waals surface area contributed by atoms with Gasteiger partial charge in [0, 0.05) is 11.5 Å². The van der Waals surface area contributed by atoms with Crippen LogP contribution in [0.4, 0.5) is 10.1 Å². The largest absolute Gasteiger partial charge is 0.510 e. The molecule has 0 heterocycles. The van der Waals surface area contributed by atoms with Crippen molar-refractivity contribution in [1.82, 2.24) is 4.90 Å². The SMILES string of the molecule is CN(C)[C@@H]1C(O)=C(C(N)=O)C(=O)[C@@]2(O)C(O)=C3C(=O)c4c(cc(F)c(N)c4O)CC3CC12. The van der Waals surface area contributed by atoms with E-state index in [0.29, 0.717) is 0 Å². The molecule has 10 nitrogen and oxygen atoms in total. The van der Waals surface area contributed by atoms with Crippen molar-refractivity contribution in [2.75, 3.05) is 19.8 Å². The maximum atomic E-state index is 14.1. The Labute approximate surface area is 181 Å². The summed E-state index contributed by atoms with van der Waals surface area (Å²) in [6.07, 6.45) is -0.0716. The van der Waals surface area contributed by atoms with Crippen LogP contribution in [0.3, 0.4) is 0 Å². The third-order valence-electron chi connectivity index (χ3n) is 6.70. The monoisotopic (exact) mass is 447 g/mol. The molecule has 2 unspecified atom stereocenters. The highest BCUT2D eigenvalue weighted by Crippen LogP contribution is 2.52. The number of anilines is 1. The van der Waals surface area contributed by atoms with Gasteiger partial charge in [0.15, 0.2) is 17.1 Å². The molecule has 0 bridgehead atoms. The van der Waals surface area contributed by atoms with Crippen LogP contribution in [-0.2, 0) is 16.0 Å². The Bertz CT molecular complexity index is 1170. The minimum absolute atomic E-state index is 0.000696. The number of benzene rings is 1. The second-order valence-corrected chi connectivity index (χ2v) is 8.62. The molecule has 0 radical (unpaired) electrons. The molecule has 4 rings (SSSR count). The Morgan fingerprint density at radius 1 is 1.25 bits per heavy atom. The number of aromatic hydroxyl groups is 1. The smallest absolute Gasteiger partial charge is 0.255 e. The Morgan fingerprint density at radius 2 is 1.88 bits per heavy atom. The Balaban J connectivity index is 1.98. The molecule has 8 N–H and O–H groups in total. The van der Waals surface area contributed by atoms with E-state index in [1.165, 1.54) is 19.0 Å². The van der Waals surface area contributed by atoms with Gasteiger partial charge in [0.1, 0.15) is 28.6 Å². The summed E-state index contributed by atoms with van der Waals surface area (Å²) >= 11 is 0. The number of nitrogens with two attached hydrogens (primary N) is 2. The van der Waals surface area contributed by atoms with Crippen LogP contribution in [0.5, 0.6) is 5.75 Å². The van der Waals surface area contributed by atoms with Crippen LogP contribution in [0.2, 0.25) is 0 Å². The molecule has 0 spiro atoms. The fraction of sp³-hybridized carbons (Fsp3) is 0.381. The standard InChI is InChI=1S/C21H22FN3O7/c1-25(2)14-8-4-6-3-7-5-9(22)13(23)16(27)10(7)15(26)11(6)18(29)21(8,32)19(30)12(17(14)28)20(24)31/h5-6,8,14,27-29,32H,3-4,23H2,1-2H3,(H2,24,31)/t6?,8?,14-,21-/m0/s1. The van der Waals surface area contributed by atoms with Crippen LogP contribution < -0.4 is 11.5 Å². The molecule has 3 aliphatic rings. The van der Waals surface area contributed by atoms with Crippen LogP contribution in [0.1, 0.15) is 22.3 Å². The number of fused-ring (bicyclic) bond motifs is 3. The first kappa shape index (κ1) is 21.8. The van der Waals surface area contributed by atoms with Gasteiger partial charge in [0.2, 0.25) is 5.78 Å². The summed E-state index contributed by atoms with van der Waals surface area (Å²) in [4.78, 5) is 39.7. The molecular weight excluding hydrogens is 425 g/mol. The highest BCUT2D eigenvalue weighted by molar-refractivity contribution is 6.24. The molecule has 1 aromatic carbocycles. The molecule has 0 fully saturated rings. The molecule has 0 aliphatic heterocycles. The van der Waals surface area contributed by atoms with Gasteiger partial charge >= 0.3 is 0 Å². The lowest BCUT2D eigenvalue weighted by Crippen LogP contribution is -2.63. The van der Waals surface area contributed by atoms with Gasteiger partial charge in [-0.15, -0.1) is 0 Å². The fourth-order valence-corrected chi connectivity index (χ4v) is 5.29. The first-order valence-electron chi connectivity index (χ1n) is 9.78. The zero-order chi connectivity index (χ0) is 23.9. The number of hydrogen-bond donors (Lipinski definition) is 6. The summed E-state index contributed by atoms with van der Waals surface area (Å²) in [5, 5.41) is 43.4. The molecule has 0 saturated heterocycles. The first-order chi connectivity index (χ1) is 14.8. The van der Waals surface area contributed by atoms with Gasteiger partial charge in [-0.3, -0.25) is 19.3 Å². The highest BCUT2D eigenvalue weighted by atomic mass is 19.1. The maximum Gasteiger partial charge on any atom is 0.255 e. The number of ketones is 2. The third kappa shape index (κ3) is 2.55. The van der Waals surface area contributed by atoms with Gasteiger partial charge in [0.05, 0.1) is 11.6 Å². The van der Waals surface area contributed by atoms with Gasteiger partial charge in [-0.05, 0) is 44.5 Å². The topological polar surface area (TPSA) is 187 Å². The van der Waals surface area contributed by atoms with E-state index in [1.54, 1.807) is 0 Å². The van der Waals surface area contributed by atoms with Gasteiger partial charge in [-0.2, -0.15) is 0 Å². The predicted octanol–water partition coefficient (Wildman–Crippen LogP) is -0.158. The van der Waals surface area contributed by atoms with E-state index >= 15 is 0 Å². The molecule has 0 saturated carbocycles. The quantitative estimate of drug-likeness (QED) is 0.203. The van der Waals surface area contributed by atoms with E-state index in [-0.39, 0.29) is 29.5 Å². The van der Waals surface area contributed by atoms with Crippen molar-refractivity contribution in [2.24, 2.45) is 17.6 Å². The van der Waals surface area contributed by atoms with Gasteiger partial charge in [0.25, 0.3) is 5.91 Å². The van der Waals surface area contributed by atoms with Crippen molar-refractivity contribution in [2.45, 2.75) is 24.5 Å². The summed E-state index contributed by atoms with van der Waals surface area (Å²) < 4.78 is 14.1. The number of amides is 1. The van der Waals surface area contributed by atoms with Crippen molar-refractivity contribution in [1.29, 1.82) is 0 Å². The second kappa shape index (κ2) is 6.78. The van der Waals surface area contributed by atoms with Crippen LogP contribution in [-0.4, -0.2) is 68.5 Å². The number of carbonyl (C=O) groups is 3. The normalized spacial score (nSPS) is 29.7. The average Bonchev–Trinajstić information content (AvgIpc) is 2.68. The van der Waals surface area contributed by atoms with Crippen molar-refractivity contribution in [3.05, 3.63) is 45.7 Å². The lowest BCUT2D eigenvalue weighted by atomic mass is 9.58. The number of allylic oxidation sites excluding steroid dienone is 1. The lowest BCUT2D eigenvalue weighted by Gasteiger charge is -2.50. The minimum atomic E-state index is -2.72. The van der Waals surface area contributed by atoms with Crippen LogP contribution in [0.25, 0.3) is 0 Å². The second-order valence-electron chi connectivity index (χ2n) is 8.62. The summed E-state index contributed by atoms with van der Waals surface area (Å²) in [6, 6.07) is -0.0634. The molecule has 0 aromatic heterocycles. The zero-order valence-electron chi connectivity index (χ0n) is 17.2. The fourth-order valence-electron chi connectivity index (χ4n) is 5.29. The molecule has 1 amide bonds. The van der Waals surface area contributed by atoms with E-state index in [1.807, 2.05) is 0 Å². The number of aliphatic hydroxyl groups is 3. The number of carbonyl (C=O) groups excluding carboxylic acids is 3. The van der Waals surface area contributed by atoms with E-state index < -0.39 is 75.3 Å². The van der Waals surface area contributed by atoms with Crippen molar-refractivity contribution in [3.8, 4) is 5.75 Å². The molecular formula is C21H22FN3O7. The number of phenolic OH excluding ortho intramolecular Hbond substituents is 1. The number of rotatable bonds is 2. The van der Waals surface area contributed by atoms with Crippen LogP contribution in [0, 0.1) is 17.7 Å². The molecule has 3 aliphatic carbocycles.